The van der Waals surface area contributed by atoms with Crippen LogP contribution in [0, 0.1) is 6.92 Å². The maximum absolute atomic E-state index is 12.8. The van der Waals surface area contributed by atoms with Gasteiger partial charge in [-0.1, -0.05) is 0 Å². The lowest BCUT2D eigenvalue weighted by Gasteiger charge is -2.17. The summed E-state index contributed by atoms with van der Waals surface area (Å²) in [5.74, 6) is -0.0805. The third-order valence-corrected chi connectivity index (χ3v) is 5.57. The lowest BCUT2D eigenvalue weighted by molar-refractivity contribution is -0.132. The number of carbonyl (C=O) groups is 1. The molecule has 12 nitrogen and oxygen atoms in total. The number of aromatic nitrogens is 6. The van der Waals surface area contributed by atoms with Crippen LogP contribution in [0.15, 0.2) is 43.1 Å². The summed E-state index contributed by atoms with van der Waals surface area (Å²) in [6.07, 6.45) is 0.983. The van der Waals surface area contributed by atoms with Crippen molar-refractivity contribution < 1.29 is 19.7 Å². The minimum atomic E-state index is -1.48. The molecule has 0 bridgehead atoms. The number of carbonyl (C=O) groups excluding carboxylic acids is 1. The first kappa shape index (κ1) is 21.0. The number of nitrogen functional groups attached to an aromatic ring is 1. The van der Waals surface area contributed by atoms with E-state index < -0.39 is 30.4 Å². The Balaban J connectivity index is 1.50. The number of hydrogen-bond donors (Lipinski definition) is 4. The van der Waals surface area contributed by atoms with E-state index in [1.54, 1.807) is 48.5 Å². The first-order valence-corrected chi connectivity index (χ1v) is 10.2. The number of ether oxygens (including phenoxy) is 1. The molecule has 0 spiro atoms. The van der Waals surface area contributed by atoms with Crippen molar-refractivity contribution in [2.45, 2.75) is 31.5 Å². The number of nitrogens with one attached hydrogen (secondary N) is 1. The van der Waals surface area contributed by atoms with Crippen LogP contribution in [0.25, 0.3) is 22.3 Å². The summed E-state index contributed by atoms with van der Waals surface area (Å²) in [7, 11) is 1.79. The second-order valence-electron chi connectivity index (χ2n) is 7.92. The van der Waals surface area contributed by atoms with Crippen molar-refractivity contribution >= 4 is 28.6 Å². The van der Waals surface area contributed by atoms with Crippen molar-refractivity contribution in [3.63, 3.8) is 0 Å². The topological polar surface area (TPSA) is 166 Å². The zero-order valence-corrected chi connectivity index (χ0v) is 17.8. The minimum Gasteiger partial charge on any atom is -0.387 e. The molecule has 1 fully saturated rings. The molecule has 4 atom stereocenters. The van der Waals surface area contributed by atoms with Gasteiger partial charge in [0.15, 0.2) is 12.3 Å². The molecule has 1 saturated heterocycles. The van der Waals surface area contributed by atoms with Crippen molar-refractivity contribution in [2.75, 3.05) is 11.1 Å². The lowest BCUT2D eigenvalue weighted by Crippen LogP contribution is -2.39. The zero-order valence-electron chi connectivity index (χ0n) is 17.8. The van der Waals surface area contributed by atoms with Crippen LogP contribution in [0.3, 0.4) is 0 Å². The highest BCUT2D eigenvalue weighted by Gasteiger charge is 2.48. The van der Waals surface area contributed by atoms with E-state index in [1.807, 2.05) is 6.92 Å². The normalized spacial score (nSPS) is 22.7. The molecule has 5 heterocycles. The van der Waals surface area contributed by atoms with Gasteiger partial charge in [-0.05, 0) is 30.7 Å². The Morgan fingerprint density at radius 2 is 2.03 bits per heavy atom. The first-order valence-electron chi connectivity index (χ1n) is 10.2. The van der Waals surface area contributed by atoms with Gasteiger partial charge < -0.3 is 30.6 Å². The molecule has 4 aromatic heterocycles. The molecule has 0 radical (unpaired) electrons. The monoisotopic (exact) mass is 450 g/mol. The number of anilines is 2. The zero-order chi connectivity index (χ0) is 23.3. The fourth-order valence-electron chi connectivity index (χ4n) is 3.96. The van der Waals surface area contributed by atoms with Crippen LogP contribution in [0.5, 0.6) is 0 Å². The van der Waals surface area contributed by atoms with E-state index in [0.29, 0.717) is 28.1 Å². The van der Waals surface area contributed by atoms with Crippen molar-refractivity contribution in [3.8, 4) is 11.3 Å². The van der Waals surface area contributed by atoms with Gasteiger partial charge in [0.05, 0.1) is 11.1 Å². The number of fused-ring (bicyclic) bond motifs is 1. The second kappa shape index (κ2) is 7.92. The third-order valence-electron chi connectivity index (χ3n) is 5.57. The van der Waals surface area contributed by atoms with Gasteiger partial charge in [0, 0.05) is 31.2 Å². The van der Waals surface area contributed by atoms with E-state index in [1.165, 1.54) is 10.9 Å². The van der Waals surface area contributed by atoms with E-state index in [-0.39, 0.29) is 5.82 Å². The van der Waals surface area contributed by atoms with Gasteiger partial charge in [0.2, 0.25) is 0 Å². The molecule has 1 aliphatic rings. The number of aliphatic hydroxyl groups excluding tert-OH is 2. The Hall–Kier alpha value is -3.87. The molecule has 12 heteroatoms. The van der Waals surface area contributed by atoms with Crippen LogP contribution in [-0.4, -0.2) is 63.7 Å². The summed E-state index contributed by atoms with van der Waals surface area (Å²) in [4.78, 5) is 25.2. The molecule has 0 saturated carbocycles. The average Bonchev–Trinajstić information content (AvgIpc) is 3.45. The molecule has 5 N–H and O–H groups in total. The predicted octanol–water partition coefficient (Wildman–Crippen LogP) is 0.375. The molecule has 1 aliphatic heterocycles. The van der Waals surface area contributed by atoms with Gasteiger partial charge >= 0.3 is 0 Å². The molecule has 170 valence electrons. The highest BCUT2D eigenvalue weighted by molar-refractivity contribution is 6.00. The quantitative estimate of drug-likeness (QED) is 0.344. The van der Waals surface area contributed by atoms with Gasteiger partial charge in [0.25, 0.3) is 5.91 Å². The van der Waals surface area contributed by atoms with Crippen molar-refractivity contribution in [3.05, 3.63) is 48.7 Å². The van der Waals surface area contributed by atoms with Gasteiger partial charge in [0.1, 0.15) is 35.8 Å². The maximum Gasteiger partial charge on any atom is 0.257 e. The fourth-order valence-corrected chi connectivity index (χ4v) is 3.96. The van der Waals surface area contributed by atoms with Crippen LogP contribution in [0.4, 0.5) is 11.6 Å². The van der Waals surface area contributed by atoms with Crippen molar-refractivity contribution in [2.24, 2.45) is 7.05 Å². The second-order valence-corrected chi connectivity index (χ2v) is 7.92. The van der Waals surface area contributed by atoms with E-state index in [0.717, 1.165) is 5.56 Å². The SMILES string of the molecule is Cc1ccnc(NC(=O)[C@H]2O[C@@H](n3cc(-c4ccn(C)n4)c4c(N)ncnc43)[C@H](O)[C@@H]2O)c1. The highest BCUT2D eigenvalue weighted by atomic mass is 16.6. The Kier molecular flexibility index (Phi) is 5.04. The summed E-state index contributed by atoms with van der Waals surface area (Å²) >= 11 is 0. The fraction of sp³-hybridized carbons (Fsp3) is 0.286. The smallest absolute Gasteiger partial charge is 0.257 e. The number of nitrogens with zero attached hydrogens (tertiary/aromatic N) is 6. The number of aryl methyl sites for hydroxylation is 2. The minimum absolute atomic E-state index is 0.229. The lowest BCUT2D eigenvalue weighted by atomic mass is 10.1. The summed E-state index contributed by atoms with van der Waals surface area (Å²) in [5, 5.41) is 28.9. The molecule has 33 heavy (non-hydrogen) atoms. The number of amides is 1. The van der Waals surface area contributed by atoms with Crippen LogP contribution >= 0.6 is 0 Å². The standard InChI is InChI=1S/C21H22N8O4/c1-10-3-5-23-13(7-10)26-20(32)17-15(30)16(31)21(33-17)29-8-11(12-4-6-28(2)27-12)14-18(22)24-9-25-19(14)29/h3-9,15-17,21,30-31H,1-2H3,(H2,22,24,25)(H,23,26,32)/t15-,16+,17-,21+/m0/s1. The van der Waals surface area contributed by atoms with E-state index in [4.69, 9.17) is 10.5 Å². The Labute approximate surface area is 187 Å². The Morgan fingerprint density at radius 1 is 1.21 bits per heavy atom. The van der Waals surface area contributed by atoms with Crippen molar-refractivity contribution in [1.29, 1.82) is 0 Å². The van der Waals surface area contributed by atoms with Gasteiger partial charge in [-0.3, -0.25) is 9.48 Å². The van der Waals surface area contributed by atoms with Crippen LogP contribution < -0.4 is 11.1 Å². The summed E-state index contributed by atoms with van der Waals surface area (Å²) in [6.45, 7) is 1.86. The third kappa shape index (κ3) is 3.59. The van der Waals surface area contributed by atoms with Crippen molar-refractivity contribution in [1.82, 2.24) is 29.3 Å². The average molecular weight is 450 g/mol. The van der Waals surface area contributed by atoms with E-state index in [2.05, 4.69) is 25.4 Å². The van der Waals surface area contributed by atoms with Crippen LogP contribution in [0.2, 0.25) is 0 Å². The molecule has 0 aliphatic carbocycles. The Bertz CT molecular complexity index is 1350. The predicted molar refractivity (Wildman–Crippen MR) is 118 cm³/mol. The molecule has 4 aromatic rings. The molecular formula is C21H22N8O4. The molecule has 1 amide bonds. The maximum atomic E-state index is 12.8. The molecule has 0 aromatic carbocycles. The summed E-state index contributed by atoms with van der Waals surface area (Å²) < 4.78 is 9.01. The molecular weight excluding hydrogens is 428 g/mol. The highest BCUT2D eigenvalue weighted by Crippen LogP contribution is 2.38. The van der Waals surface area contributed by atoms with Gasteiger partial charge in [-0.15, -0.1) is 0 Å². The molecule has 0 unspecified atom stereocenters. The van der Waals surface area contributed by atoms with E-state index >= 15 is 0 Å². The summed E-state index contributed by atoms with van der Waals surface area (Å²) in [5.41, 5.74) is 8.66. The van der Waals surface area contributed by atoms with Crippen LogP contribution in [-0.2, 0) is 16.6 Å². The van der Waals surface area contributed by atoms with Crippen LogP contribution in [0.1, 0.15) is 11.8 Å². The number of aliphatic hydroxyl groups is 2. The first-order chi connectivity index (χ1) is 15.8. The number of rotatable bonds is 4. The number of nitrogens with two attached hydrogens (primary N) is 1. The van der Waals surface area contributed by atoms with Gasteiger partial charge in [-0.25, -0.2) is 15.0 Å². The Morgan fingerprint density at radius 3 is 2.76 bits per heavy atom. The largest absolute Gasteiger partial charge is 0.387 e. The van der Waals surface area contributed by atoms with E-state index in [9.17, 15) is 15.0 Å². The molecule has 5 rings (SSSR count). The number of pyridine rings is 1. The number of hydrogen-bond acceptors (Lipinski definition) is 9. The summed E-state index contributed by atoms with van der Waals surface area (Å²) in [6, 6.07) is 5.28. The van der Waals surface area contributed by atoms with Gasteiger partial charge in [-0.2, -0.15) is 5.10 Å².